The molecule has 0 fully saturated rings. The topological polar surface area (TPSA) is 0 Å². The Kier molecular flexibility index (Phi) is 4.70. The fourth-order valence-corrected chi connectivity index (χ4v) is 0.489. The molecule has 0 rings (SSSR count). The van der Waals surface area contributed by atoms with Crippen molar-refractivity contribution in [3.63, 3.8) is 0 Å². The van der Waals surface area contributed by atoms with Crippen LogP contribution in [0.4, 0.5) is 0 Å². The molecule has 0 unspecified atom stereocenters. The third-order valence-electron chi connectivity index (χ3n) is 1.05. The Morgan fingerprint density at radius 2 is 2.22 bits per heavy atom. The summed E-state index contributed by atoms with van der Waals surface area (Å²) in [5, 5.41) is 0. The minimum Gasteiger partial charge on any atom is -0.233 e. The van der Waals surface area contributed by atoms with Crippen LogP contribution < -0.4 is 0 Å². The summed E-state index contributed by atoms with van der Waals surface area (Å²) >= 11 is 0. The SMILES string of the molecule is C=CC(C=C[CH-]C)=CC. The first kappa shape index (κ1) is 8.09. The van der Waals surface area contributed by atoms with E-state index in [4.69, 9.17) is 0 Å². The number of rotatable bonds is 3. The smallest absolute Gasteiger partial charge is 0.0476 e. The molecular formula is C9H13-. The predicted molar refractivity (Wildman–Crippen MR) is 43.1 cm³/mol. The fraction of sp³-hybridized carbons (Fsp3) is 0.222. The first-order valence-electron chi connectivity index (χ1n) is 3.10. The average molecular weight is 121 g/mol. The lowest BCUT2D eigenvalue weighted by Crippen LogP contribution is -1.66. The van der Waals surface area contributed by atoms with Gasteiger partial charge in [0.1, 0.15) is 0 Å². The molecule has 0 atom stereocenters. The van der Waals surface area contributed by atoms with E-state index >= 15 is 0 Å². The minimum atomic E-state index is 1.16. The molecule has 0 aliphatic carbocycles. The van der Waals surface area contributed by atoms with Gasteiger partial charge in [0.15, 0.2) is 0 Å². The minimum absolute atomic E-state index is 1.16. The van der Waals surface area contributed by atoms with E-state index in [1.54, 1.807) is 0 Å². The van der Waals surface area contributed by atoms with Crippen LogP contribution >= 0.6 is 0 Å². The molecule has 0 radical (unpaired) electrons. The monoisotopic (exact) mass is 121 g/mol. The van der Waals surface area contributed by atoms with Gasteiger partial charge in [0.05, 0.1) is 0 Å². The summed E-state index contributed by atoms with van der Waals surface area (Å²) in [6.07, 6.45) is 9.87. The van der Waals surface area contributed by atoms with Gasteiger partial charge in [-0.05, 0) is 6.92 Å². The standard InChI is InChI=1S/C9H13/c1-4-7-8-9(5-2)6-3/h4-8H,2H2,1,3H3/q-1. The predicted octanol–water partition coefficient (Wildman–Crippen LogP) is 2.90. The molecule has 0 nitrogen and oxygen atoms in total. The van der Waals surface area contributed by atoms with Gasteiger partial charge in [0.25, 0.3) is 0 Å². The van der Waals surface area contributed by atoms with Crippen LogP contribution in [0.3, 0.4) is 0 Å². The zero-order valence-electron chi connectivity index (χ0n) is 6.09. The molecular weight excluding hydrogens is 108 g/mol. The second kappa shape index (κ2) is 5.23. The third-order valence-corrected chi connectivity index (χ3v) is 1.05. The van der Waals surface area contributed by atoms with E-state index in [2.05, 4.69) is 6.58 Å². The van der Waals surface area contributed by atoms with Crippen molar-refractivity contribution in [2.75, 3.05) is 0 Å². The fourth-order valence-electron chi connectivity index (χ4n) is 0.489. The average Bonchev–Trinajstić information content (AvgIpc) is 1.91. The van der Waals surface area contributed by atoms with E-state index in [9.17, 15) is 0 Å². The summed E-state index contributed by atoms with van der Waals surface area (Å²) in [6, 6.07) is 0. The molecule has 0 aliphatic heterocycles. The summed E-state index contributed by atoms with van der Waals surface area (Å²) in [5.41, 5.74) is 1.16. The van der Waals surface area contributed by atoms with E-state index in [1.165, 1.54) is 0 Å². The molecule has 0 aromatic carbocycles. The maximum atomic E-state index is 3.65. The number of allylic oxidation sites excluding steroid dienone is 5. The maximum absolute atomic E-state index is 3.65. The van der Waals surface area contributed by atoms with Gasteiger partial charge in [0, 0.05) is 0 Å². The first-order valence-corrected chi connectivity index (χ1v) is 3.10. The molecule has 0 N–H and O–H groups in total. The summed E-state index contributed by atoms with van der Waals surface area (Å²) < 4.78 is 0. The van der Waals surface area contributed by atoms with E-state index in [0.717, 1.165) is 5.57 Å². The normalized spacial score (nSPS) is 12.0. The second-order valence-corrected chi connectivity index (χ2v) is 1.69. The van der Waals surface area contributed by atoms with Crippen LogP contribution in [-0.2, 0) is 0 Å². The van der Waals surface area contributed by atoms with Crippen molar-refractivity contribution in [1.29, 1.82) is 0 Å². The highest BCUT2D eigenvalue weighted by Crippen LogP contribution is 1.96. The van der Waals surface area contributed by atoms with Crippen molar-refractivity contribution in [2.45, 2.75) is 13.8 Å². The summed E-state index contributed by atoms with van der Waals surface area (Å²) in [4.78, 5) is 0. The van der Waals surface area contributed by atoms with Crippen molar-refractivity contribution in [1.82, 2.24) is 0 Å². The molecule has 50 valence electrons. The van der Waals surface area contributed by atoms with E-state index in [1.807, 2.05) is 44.6 Å². The summed E-state index contributed by atoms with van der Waals surface area (Å²) in [6.45, 7) is 7.64. The van der Waals surface area contributed by atoms with Gasteiger partial charge in [-0.1, -0.05) is 12.2 Å². The highest BCUT2D eigenvalue weighted by molar-refractivity contribution is 5.29. The molecule has 0 heterocycles. The van der Waals surface area contributed by atoms with Gasteiger partial charge in [-0.15, -0.1) is 19.1 Å². The van der Waals surface area contributed by atoms with Crippen molar-refractivity contribution >= 4 is 0 Å². The maximum Gasteiger partial charge on any atom is -0.0476 e. The lowest BCUT2D eigenvalue weighted by atomic mass is 10.2. The number of hydrogen-bond donors (Lipinski definition) is 0. The molecule has 0 saturated heterocycles. The van der Waals surface area contributed by atoms with Gasteiger partial charge in [0.2, 0.25) is 0 Å². The Morgan fingerprint density at radius 1 is 1.56 bits per heavy atom. The molecule has 0 aromatic heterocycles. The molecule has 0 aliphatic rings. The van der Waals surface area contributed by atoms with Gasteiger partial charge >= 0.3 is 0 Å². The molecule has 0 heteroatoms. The lowest BCUT2D eigenvalue weighted by molar-refractivity contribution is 1.52. The zero-order chi connectivity index (χ0) is 7.11. The van der Waals surface area contributed by atoms with E-state index in [0.29, 0.717) is 0 Å². The Morgan fingerprint density at radius 3 is 2.56 bits per heavy atom. The highest BCUT2D eigenvalue weighted by atomic mass is 13.8. The molecule has 9 heavy (non-hydrogen) atoms. The molecule has 0 aromatic rings. The summed E-state index contributed by atoms with van der Waals surface area (Å²) in [5.74, 6) is 0. The Labute approximate surface area is 57.6 Å². The molecule has 0 saturated carbocycles. The van der Waals surface area contributed by atoms with Gasteiger partial charge < -0.3 is 0 Å². The van der Waals surface area contributed by atoms with Gasteiger partial charge in [-0.25, -0.2) is 18.6 Å². The first-order chi connectivity index (χ1) is 4.35. The van der Waals surface area contributed by atoms with Crippen LogP contribution in [0, 0.1) is 6.42 Å². The zero-order valence-corrected chi connectivity index (χ0v) is 6.09. The van der Waals surface area contributed by atoms with Crippen molar-refractivity contribution in [3.8, 4) is 0 Å². The second-order valence-electron chi connectivity index (χ2n) is 1.69. The Hall–Kier alpha value is -0.910. The van der Waals surface area contributed by atoms with E-state index < -0.39 is 0 Å². The summed E-state index contributed by atoms with van der Waals surface area (Å²) in [7, 11) is 0. The molecule has 0 bridgehead atoms. The van der Waals surface area contributed by atoms with Gasteiger partial charge in [-0.3, -0.25) is 0 Å². The number of hydrogen-bond acceptors (Lipinski definition) is 0. The van der Waals surface area contributed by atoms with Crippen LogP contribution in [0.5, 0.6) is 0 Å². The van der Waals surface area contributed by atoms with Crippen LogP contribution in [0.2, 0.25) is 0 Å². The van der Waals surface area contributed by atoms with Crippen LogP contribution in [0.25, 0.3) is 0 Å². The molecule has 0 spiro atoms. The van der Waals surface area contributed by atoms with Crippen LogP contribution in [0.15, 0.2) is 36.5 Å². The largest absolute Gasteiger partial charge is 0.233 e. The van der Waals surface area contributed by atoms with Crippen LogP contribution in [-0.4, -0.2) is 0 Å². The third kappa shape index (κ3) is 3.65. The Bertz CT molecular complexity index is 127. The van der Waals surface area contributed by atoms with Crippen molar-refractivity contribution in [2.24, 2.45) is 0 Å². The van der Waals surface area contributed by atoms with Crippen molar-refractivity contribution in [3.05, 3.63) is 42.9 Å². The van der Waals surface area contributed by atoms with E-state index in [-0.39, 0.29) is 0 Å². The molecule has 0 amide bonds. The van der Waals surface area contributed by atoms with Crippen LogP contribution in [0.1, 0.15) is 13.8 Å². The van der Waals surface area contributed by atoms with Crippen molar-refractivity contribution < 1.29 is 0 Å². The lowest BCUT2D eigenvalue weighted by Gasteiger charge is -1.95. The Balaban J connectivity index is 3.84. The highest BCUT2D eigenvalue weighted by Gasteiger charge is 1.68. The quantitative estimate of drug-likeness (QED) is 0.398. The van der Waals surface area contributed by atoms with Gasteiger partial charge in [-0.2, -0.15) is 0 Å².